The number of carbonyl (C=O) groups is 2. The Morgan fingerprint density at radius 2 is 1.91 bits per heavy atom. The van der Waals surface area contributed by atoms with Gasteiger partial charge in [0, 0.05) is 35.9 Å². The highest BCUT2D eigenvalue weighted by molar-refractivity contribution is 6.02. The SMILES string of the molecule is CC1=C(C(=O)NC/C=C/c2ccccc2)C(c2cccnc2)C(C(=O)OCCC#N)=C(C)N1. The second kappa shape index (κ2) is 11.4. The van der Waals surface area contributed by atoms with Crippen LogP contribution in [0.15, 0.2) is 83.5 Å². The van der Waals surface area contributed by atoms with E-state index in [4.69, 9.17) is 10.00 Å². The van der Waals surface area contributed by atoms with Gasteiger partial charge in [0.1, 0.15) is 6.61 Å². The standard InChI is InChI=1S/C26H26N4O3/c1-18-22(25(31)29-15-6-11-20-9-4-3-5-10-20)24(21-12-7-14-28-17-21)23(19(2)30-18)26(32)33-16-8-13-27/h3-7,9-12,14,17,24,30H,8,15-16H2,1-2H3,(H,29,31)/b11-6+. The highest BCUT2D eigenvalue weighted by Crippen LogP contribution is 2.38. The second-order valence-corrected chi connectivity index (χ2v) is 7.49. The molecule has 2 aromatic rings. The lowest BCUT2D eigenvalue weighted by Crippen LogP contribution is -2.36. The zero-order valence-corrected chi connectivity index (χ0v) is 18.7. The molecule has 0 spiro atoms. The lowest BCUT2D eigenvalue weighted by atomic mass is 9.80. The van der Waals surface area contributed by atoms with Crippen LogP contribution in [0.3, 0.4) is 0 Å². The fraction of sp³-hybridized carbons (Fsp3) is 0.231. The number of carbonyl (C=O) groups excluding carboxylic acids is 2. The molecule has 0 fully saturated rings. The van der Waals surface area contributed by atoms with Gasteiger partial charge in [-0.05, 0) is 31.0 Å². The number of pyridine rings is 1. The predicted molar refractivity (Wildman–Crippen MR) is 125 cm³/mol. The molecule has 7 heteroatoms. The van der Waals surface area contributed by atoms with Gasteiger partial charge >= 0.3 is 5.97 Å². The summed E-state index contributed by atoms with van der Waals surface area (Å²) in [5.74, 6) is -1.50. The quantitative estimate of drug-likeness (QED) is 0.478. The Bertz CT molecular complexity index is 1130. The summed E-state index contributed by atoms with van der Waals surface area (Å²) >= 11 is 0. The number of amides is 1. The molecule has 7 nitrogen and oxygen atoms in total. The van der Waals surface area contributed by atoms with Crippen molar-refractivity contribution in [1.82, 2.24) is 15.6 Å². The van der Waals surface area contributed by atoms with Crippen molar-refractivity contribution in [2.24, 2.45) is 0 Å². The largest absolute Gasteiger partial charge is 0.461 e. The highest BCUT2D eigenvalue weighted by Gasteiger charge is 2.37. The van der Waals surface area contributed by atoms with Crippen LogP contribution < -0.4 is 10.6 Å². The fourth-order valence-corrected chi connectivity index (χ4v) is 3.72. The number of aromatic nitrogens is 1. The van der Waals surface area contributed by atoms with Gasteiger partial charge in [-0.25, -0.2) is 4.79 Å². The summed E-state index contributed by atoms with van der Waals surface area (Å²) in [6, 6.07) is 15.3. The molecule has 0 saturated heterocycles. The van der Waals surface area contributed by atoms with Crippen molar-refractivity contribution in [3.8, 4) is 6.07 Å². The first-order valence-electron chi connectivity index (χ1n) is 10.6. The van der Waals surface area contributed by atoms with Crippen LogP contribution in [-0.2, 0) is 14.3 Å². The third-order valence-corrected chi connectivity index (χ3v) is 5.18. The van der Waals surface area contributed by atoms with E-state index in [1.165, 1.54) is 0 Å². The van der Waals surface area contributed by atoms with Crippen molar-refractivity contribution < 1.29 is 14.3 Å². The monoisotopic (exact) mass is 442 g/mol. The van der Waals surface area contributed by atoms with Crippen LogP contribution in [0.4, 0.5) is 0 Å². The molecule has 1 aromatic carbocycles. The summed E-state index contributed by atoms with van der Waals surface area (Å²) in [5, 5.41) is 14.8. The number of allylic oxidation sites excluding steroid dienone is 2. The fourth-order valence-electron chi connectivity index (χ4n) is 3.72. The van der Waals surface area contributed by atoms with Gasteiger partial charge in [-0.2, -0.15) is 5.26 Å². The molecule has 1 aliphatic rings. The maximum Gasteiger partial charge on any atom is 0.336 e. The average molecular weight is 443 g/mol. The molecule has 0 bridgehead atoms. The molecule has 1 amide bonds. The Hall–Kier alpha value is -4.18. The molecule has 168 valence electrons. The topological polar surface area (TPSA) is 104 Å². The second-order valence-electron chi connectivity index (χ2n) is 7.49. The van der Waals surface area contributed by atoms with Crippen LogP contribution in [0.1, 0.15) is 37.3 Å². The van der Waals surface area contributed by atoms with E-state index in [0.717, 1.165) is 5.56 Å². The van der Waals surface area contributed by atoms with Crippen molar-refractivity contribution in [2.45, 2.75) is 26.2 Å². The van der Waals surface area contributed by atoms with E-state index < -0.39 is 11.9 Å². The summed E-state index contributed by atoms with van der Waals surface area (Å²) < 4.78 is 5.31. The number of nitrogens with one attached hydrogen (secondary N) is 2. The van der Waals surface area contributed by atoms with Gasteiger partial charge in [-0.3, -0.25) is 9.78 Å². The number of nitriles is 1. The zero-order chi connectivity index (χ0) is 23.6. The van der Waals surface area contributed by atoms with E-state index >= 15 is 0 Å². The van der Waals surface area contributed by atoms with E-state index in [2.05, 4.69) is 15.6 Å². The Morgan fingerprint density at radius 3 is 2.61 bits per heavy atom. The number of ether oxygens (including phenoxy) is 1. The first-order chi connectivity index (χ1) is 16.0. The molecule has 0 aliphatic carbocycles. The molecule has 1 unspecified atom stereocenters. The van der Waals surface area contributed by atoms with Crippen molar-refractivity contribution in [3.63, 3.8) is 0 Å². The molecule has 3 rings (SSSR count). The van der Waals surface area contributed by atoms with Crippen LogP contribution in [0.5, 0.6) is 0 Å². The molecule has 0 saturated carbocycles. The van der Waals surface area contributed by atoms with E-state index in [1.54, 1.807) is 32.3 Å². The van der Waals surface area contributed by atoms with Crippen molar-refractivity contribution in [2.75, 3.05) is 13.2 Å². The summed E-state index contributed by atoms with van der Waals surface area (Å²) in [4.78, 5) is 30.4. The number of rotatable bonds is 8. The predicted octanol–water partition coefficient (Wildman–Crippen LogP) is 3.60. The van der Waals surface area contributed by atoms with E-state index in [-0.39, 0.29) is 18.9 Å². The summed E-state index contributed by atoms with van der Waals surface area (Å²) in [5.41, 5.74) is 3.75. The van der Waals surface area contributed by atoms with Crippen LogP contribution >= 0.6 is 0 Å². The van der Waals surface area contributed by atoms with Gasteiger partial charge in [-0.15, -0.1) is 0 Å². The van der Waals surface area contributed by atoms with Crippen molar-refractivity contribution >= 4 is 18.0 Å². The Morgan fingerprint density at radius 1 is 1.15 bits per heavy atom. The first-order valence-corrected chi connectivity index (χ1v) is 10.6. The van der Waals surface area contributed by atoms with Gasteiger partial charge in [0.25, 0.3) is 0 Å². The number of hydrogen-bond acceptors (Lipinski definition) is 6. The Kier molecular flexibility index (Phi) is 8.14. The third kappa shape index (κ3) is 5.95. The number of nitrogens with zero attached hydrogens (tertiary/aromatic N) is 2. The molecule has 1 atom stereocenters. The summed E-state index contributed by atoms with van der Waals surface area (Å²) in [6.07, 6.45) is 7.18. The van der Waals surface area contributed by atoms with E-state index in [1.807, 2.05) is 54.6 Å². The molecule has 1 aliphatic heterocycles. The first kappa shape index (κ1) is 23.5. The Balaban J connectivity index is 1.85. The van der Waals surface area contributed by atoms with E-state index in [0.29, 0.717) is 34.6 Å². The number of benzene rings is 1. The molecule has 2 heterocycles. The van der Waals surface area contributed by atoms with Crippen LogP contribution in [0.2, 0.25) is 0 Å². The normalized spacial score (nSPS) is 15.7. The molecule has 1 aromatic heterocycles. The average Bonchev–Trinajstić information content (AvgIpc) is 2.82. The smallest absolute Gasteiger partial charge is 0.336 e. The van der Waals surface area contributed by atoms with Crippen LogP contribution in [0, 0.1) is 11.3 Å². The van der Waals surface area contributed by atoms with Gasteiger partial charge in [0.2, 0.25) is 5.91 Å². The lowest BCUT2D eigenvalue weighted by molar-refractivity contribution is -0.139. The number of esters is 1. The molecular weight excluding hydrogens is 416 g/mol. The minimum atomic E-state index is -0.646. The number of dihydropyridines is 1. The molecule has 33 heavy (non-hydrogen) atoms. The minimum absolute atomic E-state index is 0.0135. The lowest BCUT2D eigenvalue weighted by Gasteiger charge is -2.30. The van der Waals surface area contributed by atoms with Crippen molar-refractivity contribution in [1.29, 1.82) is 5.26 Å². The summed E-state index contributed by atoms with van der Waals surface area (Å²) in [6.45, 7) is 3.89. The Labute approximate surface area is 193 Å². The van der Waals surface area contributed by atoms with Gasteiger partial charge < -0.3 is 15.4 Å². The maximum absolute atomic E-state index is 13.3. The van der Waals surface area contributed by atoms with Gasteiger partial charge in [0.05, 0.1) is 24.0 Å². The van der Waals surface area contributed by atoms with Crippen molar-refractivity contribution in [3.05, 3.63) is 94.6 Å². The van der Waals surface area contributed by atoms with Crippen LogP contribution in [-0.4, -0.2) is 30.0 Å². The summed E-state index contributed by atoms with van der Waals surface area (Å²) in [7, 11) is 0. The minimum Gasteiger partial charge on any atom is -0.461 e. The molecule has 0 radical (unpaired) electrons. The van der Waals surface area contributed by atoms with E-state index in [9.17, 15) is 9.59 Å². The highest BCUT2D eigenvalue weighted by atomic mass is 16.5. The zero-order valence-electron chi connectivity index (χ0n) is 18.7. The molecular formula is C26H26N4O3. The molecule has 2 N–H and O–H groups in total. The van der Waals surface area contributed by atoms with Crippen LogP contribution in [0.25, 0.3) is 6.08 Å². The number of hydrogen-bond donors (Lipinski definition) is 2. The maximum atomic E-state index is 13.3. The van der Waals surface area contributed by atoms with Gasteiger partial charge in [0.15, 0.2) is 0 Å². The third-order valence-electron chi connectivity index (χ3n) is 5.18. The van der Waals surface area contributed by atoms with Gasteiger partial charge in [-0.1, -0.05) is 48.6 Å².